The van der Waals surface area contributed by atoms with Crippen LogP contribution in [0.3, 0.4) is 0 Å². The molecule has 1 atom stereocenters. The summed E-state index contributed by atoms with van der Waals surface area (Å²) in [6.45, 7) is 3.00. The molecular formula is C15H18F2N4O2S. The second-order valence-corrected chi connectivity index (χ2v) is 6.34. The molecule has 1 heterocycles. The normalized spacial score (nSPS) is 12.2. The van der Waals surface area contributed by atoms with Crippen molar-refractivity contribution in [3.63, 3.8) is 0 Å². The Labute approximate surface area is 142 Å². The van der Waals surface area contributed by atoms with Crippen molar-refractivity contribution in [1.29, 1.82) is 0 Å². The standard InChI is InChI=1S/C15H18F2N4O2S/c1-10(14(22)19-11-4-5-12(16)13(17)8-11)24-15-20-18-9-21(15)6-3-7-23-2/h4-5,8-10H,3,6-7H2,1-2H3,(H,19,22). The zero-order chi connectivity index (χ0) is 17.5. The monoisotopic (exact) mass is 356 g/mol. The van der Waals surface area contributed by atoms with Crippen molar-refractivity contribution in [2.75, 3.05) is 19.0 Å². The van der Waals surface area contributed by atoms with Gasteiger partial charge in [-0.3, -0.25) is 4.79 Å². The molecule has 9 heteroatoms. The van der Waals surface area contributed by atoms with E-state index in [4.69, 9.17) is 4.74 Å². The number of carbonyl (C=O) groups is 1. The van der Waals surface area contributed by atoms with Gasteiger partial charge in [0, 0.05) is 32.0 Å². The number of methoxy groups -OCH3 is 1. The lowest BCUT2D eigenvalue weighted by Crippen LogP contribution is -2.23. The van der Waals surface area contributed by atoms with Crippen LogP contribution in [0.25, 0.3) is 0 Å². The maximum absolute atomic E-state index is 13.2. The number of aryl methyl sites for hydroxylation is 1. The first kappa shape index (κ1) is 18.3. The smallest absolute Gasteiger partial charge is 0.237 e. The molecule has 0 saturated carbocycles. The molecule has 2 aromatic rings. The number of nitrogens with zero attached hydrogens (tertiary/aromatic N) is 3. The number of amides is 1. The molecular weight excluding hydrogens is 338 g/mol. The molecule has 0 aliphatic rings. The van der Waals surface area contributed by atoms with Crippen molar-refractivity contribution >= 4 is 23.4 Å². The Balaban J connectivity index is 1.94. The molecule has 0 aliphatic heterocycles. The minimum Gasteiger partial charge on any atom is -0.385 e. The van der Waals surface area contributed by atoms with Gasteiger partial charge < -0.3 is 14.6 Å². The minimum absolute atomic E-state index is 0.202. The van der Waals surface area contributed by atoms with Crippen molar-refractivity contribution in [2.24, 2.45) is 0 Å². The van der Waals surface area contributed by atoms with Crippen LogP contribution in [0.4, 0.5) is 14.5 Å². The summed E-state index contributed by atoms with van der Waals surface area (Å²) in [5.41, 5.74) is 0.202. The number of hydrogen-bond donors (Lipinski definition) is 1. The molecule has 6 nitrogen and oxygen atoms in total. The van der Waals surface area contributed by atoms with Gasteiger partial charge >= 0.3 is 0 Å². The van der Waals surface area contributed by atoms with Crippen LogP contribution in [0.1, 0.15) is 13.3 Å². The number of nitrogens with one attached hydrogen (secondary N) is 1. The Hall–Kier alpha value is -2.00. The lowest BCUT2D eigenvalue weighted by molar-refractivity contribution is -0.115. The summed E-state index contributed by atoms with van der Waals surface area (Å²) < 4.78 is 32.9. The van der Waals surface area contributed by atoms with Crippen LogP contribution >= 0.6 is 11.8 Å². The van der Waals surface area contributed by atoms with Crippen molar-refractivity contribution in [3.8, 4) is 0 Å². The summed E-state index contributed by atoms with van der Waals surface area (Å²) in [4.78, 5) is 12.2. The second-order valence-electron chi connectivity index (χ2n) is 5.03. The quantitative estimate of drug-likeness (QED) is 0.582. The summed E-state index contributed by atoms with van der Waals surface area (Å²) in [5.74, 6) is -2.30. The highest BCUT2D eigenvalue weighted by molar-refractivity contribution is 8.00. The molecule has 0 fully saturated rings. The van der Waals surface area contributed by atoms with E-state index < -0.39 is 16.9 Å². The maximum atomic E-state index is 13.2. The Kier molecular flexibility index (Phi) is 6.68. The summed E-state index contributed by atoms with van der Waals surface area (Å²) in [5, 5.41) is 10.5. The maximum Gasteiger partial charge on any atom is 0.237 e. The molecule has 1 aromatic carbocycles. The van der Waals surface area contributed by atoms with Crippen LogP contribution in [0.2, 0.25) is 0 Å². The van der Waals surface area contributed by atoms with Gasteiger partial charge in [0.2, 0.25) is 5.91 Å². The van der Waals surface area contributed by atoms with Gasteiger partial charge in [0.25, 0.3) is 0 Å². The summed E-state index contributed by atoms with van der Waals surface area (Å²) in [6.07, 6.45) is 2.40. The fourth-order valence-corrected chi connectivity index (χ4v) is 2.75. The fourth-order valence-electron chi connectivity index (χ4n) is 1.90. The molecule has 0 radical (unpaired) electrons. The number of benzene rings is 1. The molecule has 130 valence electrons. The topological polar surface area (TPSA) is 69.0 Å². The Bertz CT molecular complexity index is 696. The van der Waals surface area contributed by atoms with E-state index in [-0.39, 0.29) is 11.6 Å². The SMILES string of the molecule is COCCCn1cnnc1SC(C)C(=O)Nc1ccc(F)c(F)c1. The van der Waals surface area contributed by atoms with Gasteiger partial charge in [0.05, 0.1) is 5.25 Å². The Morgan fingerprint density at radius 2 is 2.21 bits per heavy atom. The van der Waals surface area contributed by atoms with Crippen LogP contribution in [-0.4, -0.2) is 39.6 Å². The van der Waals surface area contributed by atoms with Crippen molar-refractivity contribution < 1.29 is 18.3 Å². The number of hydrogen-bond acceptors (Lipinski definition) is 5. The molecule has 0 saturated heterocycles. The van der Waals surface area contributed by atoms with Crippen LogP contribution in [0, 0.1) is 11.6 Å². The van der Waals surface area contributed by atoms with E-state index >= 15 is 0 Å². The fraction of sp³-hybridized carbons (Fsp3) is 0.400. The molecule has 1 unspecified atom stereocenters. The average Bonchev–Trinajstić information content (AvgIpc) is 2.98. The van der Waals surface area contributed by atoms with E-state index in [1.807, 2.05) is 4.57 Å². The third-order valence-corrected chi connectivity index (χ3v) is 4.26. The van der Waals surface area contributed by atoms with Gasteiger partial charge in [-0.15, -0.1) is 10.2 Å². The number of thioether (sulfide) groups is 1. The van der Waals surface area contributed by atoms with E-state index in [2.05, 4.69) is 15.5 Å². The predicted molar refractivity (Wildman–Crippen MR) is 86.8 cm³/mol. The van der Waals surface area contributed by atoms with Gasteiger partial charge in [-0.1, -0.05) is 11.8 Å². The average molecular weight is 356 g/mol. The van der Waals surface area contributed by atoms with E-state index in [1.54, 1.807) is 20.4 Å². The lowest BCUT2D eigenvalue weighted by Gasteiger charge is -2.12. The molecule has 2 rings (SSSR count). The number of halogens is 2. The van der Waals surface area contributed by atoms with Gasteiger partial charge in [-0.2, -0.15) is 0 Å². The van der Waals surface area contributed by atoms with E-state index in [9.17, 15) is 13.6 Å². The van der Waals surface area contributed by atoms with Gasteiger partial charge in [0.15, 0.2) is 16.8 Å². The summed E-state index contributed by atoms with van der Waals surface area (Å²) in [6, 6.07) is 3.22. The van der Waals surface area contributed by atoms with Gasteiger partial charge in [-0.05, 0) is 25.5 Å². The summed E-state index contributed by atoms with van der Waals surface area (Å²) in [7, 11) is 1.63. The van der Waals surface area contributed by atoms with E-state index in [0.717, 1.165) is 18.6 Å². The zero-order valence-electron chi connectivity index (χ0n) is 13.3. The number of ether oxygens (including phenoxy) is 1. The van der Waals surface area contributed by atoms with Crippen molar-refractivity contribution in [1.82, 2.24) is 14.8 Å². The predicted octanol–water partition coefficient (Wildman–Crippen LogP) is 2.71. The molecule has 1 N–H and O–H groups in total. The van der Waals surface area contributed by atoms with E-state index in [0.29, 0.717) is 18.3 Å². The van der Waals surface area contributed by atoms with Crippen LogP contribution in [-0.2, 0) is 16.1 Å². The Morgan fingerprint density at radius 3 is 2.92 bits per heavy atom. The molecule has 0 bridgehead atoms. The second kappa shape index (κ2) is 8.74. The van der Waals surface area contributed by atoms with Gasteiger partial charge in [-0.25, -0.2) is 8.78 Å². The first-order valence-electron chi connectivity index (χ1n) is 7.30. The number of aromatic nitrogens is 3. The summed E-state index contributed by atoms with van der Waals surface area (Å²) >= 11 is 1.24. The highest BCUT2D eigenvalue weighted by Crippen LogP contribution is 2.23. The third kappa shape index (κ3) is 5.00. The highest BCUT2D eigenvalue weighted by Gasteiger charge is 2.18. The molecule has 1 amide bonds. The highest BCUT2D eigenvalue weighted by atomic mass is 32.2. The van der Waals surface area contributed by atoms with Crippen LogP contribution in [0.5, 0.6) is 0 Å². The molecule has 24 heavy (non-hydrogen) atoms. The Morgan fingerprint density at radius 1 is 1.42 bits per heavy atom. The minimum atomic E-state index is -1.01. The van der Waals surface area contributed by atoms with Crippen LogP contribution < -0.4 is 5.32 Å². The first-order chi connectivity index (χ1) is 11.5. The largest absolute Gasteiger partial charge is 0.385 e. The van der Waals surface area contributed by atoms with E-state index in [1.165, 1.54) is 17.8 Å². The molecule has 0 spiro atoms. The molecule has 0 aliphatic carbocycles. The first-order valence-corrected chi connectivity index (χ1v) is 8.18. The third-order valence-electron chi connectivity index (χ3n) is 3.17. The van der Waals surface area contributed by atoms with Crippen LogP contribution in [0.15, 0.2) is 29.7 Å². The zero-order valence-corrected chi connectivity index (χ0v) is 14.1. The van der Waals surface area contributed by atoms with Gasteiger partial charge in [0.1, 0.15) is 6.33 Å². The number of carbonyl (C=O) groups excluding carboxylic acids is 1. The van der Waals surface area contributed by atoms with Crippen molar-refractivity contribution in [3.05, 3.63) is 36.2 Å². The lowest BCUT2D eigenvalue weighted by atomic mass is 10.3. The number of anilines is 1. The number of rotatable bonds is 8. The molecule has 1 aromatic heterocycles. The van der Waals surface area contributed by atoms with Crippen molar-refractivity contribution in [2.45, 2.75) is 30.3 Å².